The molecule has 1 fully saturated rings. The van der Waals surface area contributed by atoms with E-state index in [-0.39, 0.29) is 11.7 Å². The first-order valence-electron chi connectivity index (χ1n) is 10.9. The first-order valence-corrected chi connectivity index (χ1v) is 10.9. The fraction of sp³-hybridized carbons (Fsp3) is 0.240. The van der Waals surface area contributed by atoms with E-state index in [4.69, 9.17) is 5.41 Å². The van der Waals surface area contributed by atoms with Crippen LogP contribution in [0.2, 0.25) is 0 Å². The summed E-state index contributed by atoms with van der Waals surface area (Å²) in [6.45, 7) is 0.680. The van der Waals surface area contributed by atoms with Crippen molar-refractivity contribution < 1.29 is 18.1 Å². The minimum atomic E-state index is -3.22. The minimum Gasteiger partial charge on any atom is -0.377 e. The molecular formula is C25H24F2N6O2. The molecule has 2 aromatic heterocycles. The number of nitrogens with zero attached hydrogens (tertiary/aromatic N) is 4. The Morgan fingerprint density at radius 1 is 1.26 bits per heavy atom. The van der Waals surface area contributed by atoms with Crippen LogP contribution in [0.4, 0.5) is 14.5 Å². The number of anilines is 1. The molecular weight excluding hydrogens is 454 g/mol. The molecule has 0 aliphatic heterocycles. The van der Waals surface area contributed by atoms with E-state index in [0.717, 1.165) is 24.0 Å². The molecule has 2 N–H and O–H groups in total. The molecule has 10 heteroatoms. The Morgan fingerprint density at radius 3 is 2.63 bits per heavy atom. The van der Waals surface area contributed by atoms with Crippen LogP contribution in [-0.4, -0.2) is 45.2 Å². The average molecular weight is 479 g/mol. The van der Waals surface area contributed by atoms with E-state index in [0.29, 0.717) is 29.8 Å². The number of halogens is 2. The molecule has 1 aromatic carbocycles. The number of amides is 1. The van der Waals surface area contributed by atoms with E-state index < -0.39 is 11.8 Å². The van der Waals surface area contributed by atoms with Crippen LogP contribution in [0, 0.1) is 5.41 Å². The van der Waals surface area contributed by atoms with Crippen molar-refractivity contribution in [2.45, 2.75) is 31.7 Å². The van der Waals surface area contributed by atoms with Crippen molar-refractivity contribution >= 4 is 29.5 Å². The maximum Gasteiger partial charge on any atom is 0.322 e. The van der Waals surface area contributed by atoms with Gasteiger partial charge in [0.25, 0.3) is 5.89 Å². The highest BCUT2D eigenvalue weighted by molar-refractivity contribution is 6.10. The van der Waals surface area contributed by atoms with Crippen molar-refractivity contribution in [3.8, 4) is 11.4 Å². The number of aromatic nitrogens is 3. The smallest absolute Gasteiger partial charge is 0.322 e. The van der Waals surface area contributed by atoms with Gasteiger partial charge in [0.15, 0.2) is 0 Å². The number of benzene rings is 1. The normalized spacial score (nSPS) is 14.2. The zero-order chi connectivity index (χ0) is 25.0. The van der Waals surface area contributed by atoms with Crippen LogP contribution in [0.15, 0.2) is 59.5 Å². The largest absolute Gasteiger partial charge is 0.377 e. The molecule has 180 valence electrons. The molecule has 1 saturated carbocycles. The second-order valence-electron chi connectivity index (χ2n) is 8.30. The Bertz CT molecular complexity index is 1270. The monoisotopic (exact) mass is 478 g/mol. The van der Waals surface area contributed by atoms with Crippen molar-refractivity contribution in [2.24, 2.45) is 0 Å². The number of hydrogen-bond donors (Lipinski definition) is 2. The van der Waals surface area contributed by atoms with Crippen molar-refractivity contribution in [2.75, 3.05) is 12.4 Å². The number of carbonyl (C=O) groups is 1. The molecule has 0 unspecified atom stereocenters. The molecule has 0 bridgehead atoms. The first-order chi connectivity index (χ1) is 16.7. The lowest BCUT2D eigenvalue weighted by molar-refractivity contribution is -0.111. The second-order valence-corrected chi connectivity index (χ2v) is 8.30. The molecule has 0 atom stereocenters. The Morgan fingerprint density at radius 2 is 2.00 bits per heavy atom. The van der Waals surface area contributed by atoms with Crippen LogP contribution in [0.1, 0.15) is 36.8 Å². The summed E-state index contributed by atoms with van der Waals surface area (Å²) in [7, 11) is 1.99. The Labute approximate surface area is 200 Å². The molecule has 1 aliphatic rings. The number of carbonyl (C=O) groups excluding carboxylic acids is 1. The summed E-state index contributed by atoms with van der Waals surface area (Å²) in [5.74, 6) is -4.31. The maximum absolute atomic E-state index is 13.3. The number of allylic oxidation sites excluding steroid dienone is 1. The molecule has 35 heavy (non-hydrogen) atoms. The number of rotatable bonds is 9. The molecule has 3 aromatic rings. The Kier molecular flexibility index (Phi) is 6.81. The van der Waals surface area contributed by atoms with E-state index in [1.165, 1.54) is 12.3 Å². The van der Waals surface area contributed by atoms with Gasteiger partial charge in [0.2, 0.25) is 11.7 Å². The number of pyridine rings is 1. The summed E-state index contributed by atoms with van der Waals surface area (Å²) in [5.41, 5.74) is 3.21. The van der Waals surface area contributed by atoms with Gasteiger partial charge in [0.1, 0.15) is 0 Å². The van der Waals surface area contributed by atoms with Gasteiger partial charge in [-0.3, -0.25) is 9.78 Å². The zero-order valence-corrected chi connectivity index (χ0v) is 19.2. The van der Waals surface area contributed by atoms with Gasteiger partial charge >= 0.3 is 5.92 Å². The summed E-state index contributed by atoms with van der Waals surface area (Å²) >= 11 is 0. The molecule has 8 nitrogen and oxygen atoms in total. The lowest BCUT2D eigenvalue weighted by Crippen LogP contribution is -2.14. The Balaban J connectivity index is 1.44. The minimum absolute atomic E-state index is 0.0331. The number of hydrogen-bond acceptors (Lipinski definition) is 7. The van der Waals surface area contributed by atoms with Gasteiger partial charge in [0.05, 0.1) is 0 Å². The van der Waals surface area contributed by atoms with Gasteiger partial charge in [-0.1, -0.05) is 5.16 Å². The van der Waals surface area contributed by atoms with Crippen LogP contribution < -0.4 is 5.32 Å². The summed E-state index contributed by atoms with van der Waals surface area (Å²) in [5, 5.41) is 14.1. The van der Waals surface area contributed by atoms with Gasteiger partial charge in [0, 0.05) is 73.3 Å². The zero-order valence-electron chi connectivity index (χ0n) is 19.2. The predicted octanol–water partition coefficient (Wildman–Crippen LogP) is 4.98. The highest BCUT2D eigenvalue weighted by Crippen LogP contribution is 2.29. The topological polar surface area (TPSA) is 108 Å². The predicted molar refractivity (Wildman–Crippen MR) is 129 cm³/mol. The van der Waals surface area contributed by atoms with Crippen molar-refractivity contribution in [1.29, 1.82) is 5.41 Å². The summed E-state index contributed by atoms with van der Waals surface area (Å²) in [4.78, 5) is 22.4. The van der Waals surface area contributed by atoms with Crippen LogP contribution >= 0.6 is 0 Å². The summed E-state index contributed by atoms with van der Waals surface area (Å²) in [6.07, 6.45) is 11.8. The van der Waals surface area contributed by atoms with Gasteiger partial charge in [-0.15, -0.1) is 0 Å². The van der Waals surface area contributed by atoms with Crippen LogP contribution in [0.5, 0.6) is 0 Å². The van der Waals surface area contributed by atoms with Gasteiger partial charge in [-0.05, 0) is 54.8 Å². The van der Waals surface area contributed by atoms with E-state index in [2.05, 4.69) is 29.9 Å². The maximum atomic E-state index is 13.3. The molecule has 0 saturated heterocycles. The van der Waals surface area contributed by atoms with Gasteiger partial charge in [-0.25, -0.2) is 0 Å². The quantitative estimate of drug-likeness (QED) is 0.332. The SMILES string of the molecule is CN(/C=C(\C=N)c1ccncc1/C=C/C(=O)Nc1ccc(-c2noc(C(C)(F)F)n2)cc1)C1CC1. The van der Waals surface area contributed by atoms with Gasteiger partial charge in [-0.2, -0.15) is 13.8 Å². The van der Waals surface area contributed by atoms with E-state index in [1.54, 1.807) is 42.7 Å². The average Bonchev–Trinajstić information content (AvgIpc) is 3.57. The first kappa shape index (κ1) is 23.9. The molecule has 4 rings (SSSR count). The molecule has 0 radical (unpaired) electrons. The van der Waals surface area contributed by atoms with E-state index in [9.17, 15) is 13.6 Å². The van der Waals surface area contributed by atoms with Crippen molar-refractivity contribution in [3.05, 3.63) is 72.0 Å². The molecule has 1 aliphatic carbocycles. The third-order valence-electron chi connectivity index (χ3n) is 5.41. The molecule has 2 heterocycles. The highest BCUT2D eigenvalue weighted by atomic mass is 19.3. The molecule has 0 spiro atoms. The van der Waals surface area contributed by atoms with Gasteiger partial charge < -0.3 is 20.1 Å². The lowest BCUT2D eigenvalue weighted by Gasteiger charge is -2.15. The molecule has 1 amide bonds. The van der Waals surface area contributed by atoms with Crippen molar-refractivity contribution in [1.82, 2.24) is 20.0 Å². The number of alkyl halides is 2. The second kappa shape index (κ2) is 9.96. The fourth-order valence-electron chi connectivity index (χ4n) is 3.36. The number of nitrogens with one attached hydrogen (secondary N) is 2. The third-order valence-corrected chi connectivity index (χ3v) is 5.41. The van der Waals surface area contributed by atoms with E-state index in [1.807, 2.05) is 19.3 Å². The summed E-state index contributed by atoms with van der Waals surface area (Å²) in [6, 6.07) is 8.74. The summed E-state index contributed by atoms with van der Waals surface area (Å²) < 4.78 is 31.2. The standard InChI is InChI=1S/C25H24F2N6O2/c1-25(26,27)24-31-23(32-35-24)16-3-6-19(7-4-16)30-22(34)10-5-17-14-29-12-11-21(17)18(13-28)15-33(2)20-8-9-20/h3-7,10-15,20,28H,8-9H2,1-2H3,(H,30,34)/b10-5+,18-15+,28-13?. The lowest BCUT2D eigenvalue weighted by atomic mass is 10.0. The third kappa shape index (κ3) is 6.03. The fourth-order valence-corrected chi connectivity index (χ4v) is 3.36. The van der Waals surface area contributed by atoms with Crippen molar-refractivity contribution in [3.63, 3.8) is 0 Å². The van der Waals surface area contributed by atoms with Crippen LogP contribution in [0.25, 0.3) is 23.0 Å². The highest BCUT2D eigenvalue weighted by Gasteiger charge is 2.32. The van der Waals surface area contributed by atoms with E-state index >= 15 is 0 Å². The van der Waals surface area contributed by atoms with Crippen LogP contribution in [0.3, 0.4) is 0 Å². The van der Waals surface area contributed by atoms with Crippen LogP contribution in [-0.2, 0) is 10.7 Å². The Hall–Kier alpha value is -4.21.